The van der Waals surface area contributed by atoms with Crippen LogP contribution in [0.25, 0.3) is 0 Å². The molecule has 1 heterocycles. The topological polar surface area (TPSA) is 65.3 Å². The van der Waals surface area contributed by atoms with Crippen LogP contribution in [0, 0.1) is 17.0 Å². The van der Waals surface area contributed by atoms with E-state index in [0.29, 0.717) is 0 Å². The number of hydrogen-bond donors (Lipinski definition) is 0. The Labute approximate surface area is 98.3 Å². The molecular formula is C8H6ClF3N2O3. The minimum Gasteiger partial charge on any atom is -0.387 e. The summed E-state index contributed by atoms with van der Waals surface area (Å²) in [4.78, 5) is 13.2. The van der Waals surface area contributed by atoms with Crippen LogP contribution in [-0.4, -0.2) is 16.3 Å². The van der Waals surface area contributed by atoms with Gasteiger partial charge in [0.2, 0.25) is 5.88 Å². The minimum atomic E-state index is -4.95. The van der Waals surface area contributed by atoms with E-state index in [2.05, 4.69) is 9.72 Å². The first-order valence-corrected chi connectivity index (χ1v) is 4.74. The Morgan fingerprint density at radius 3 is 2.59 bits per heavy atom. The van der Waals surface area contributed by atoms with Crippen LogP contribution >= 0.6 is 11.6 Å². The molecule has 0 spiro atoms. The first-order chi connectivity index (χ1) is 7.76. The molecule has 1 rings (SSSR count). The third-order valence-corrected chi connectivity index (χ3v) is 2.14. The number of nitrogens with zero attached hydrogens (tertiary/aromatic N) is 2. The number of rotatable bonds is 3. The van der Waals surface area contributed by atoms with Crippen LogP contribution < -0.4 is 4.74 Å². The molecule has 0 atom stereocenters. The molecule has 0 fully saturated rings. The summed E-state index contributed by atoms with van der Waals surface area (Å²) in [5.74, 6) is -1.07. The second kappa shape index (κ2) is 4.74. The summed E-state index contributed by atoms with van der Waals surface area (Å²) >= 11 is 5.43. The quantitative estimate of drug-likeness (QED) is 0.481. The molecule has 5 nitrogen and oxygen atoms in total. The zero-order valence-corrected chi connectivity index (χ0v) is 9.17. The number of ether oxygens (including phenoxy) is 1. The average molecular weight is 271 g/mol. The highest BCUT2D eigenvalue weighted by molar-refractivity contribution is 6.17. The van der Waals surface area contributed by atoms with E-state index in [1.165, 1.54) is 0 Å². The van der Waals surface area contributed by atoms with Crippen LogP contribution in [0.15, 0.2) is 6.20 Å². The van der Waals surface area contributed by atoms with Gasteiger partial charge in [-0.05, 0) is 6.92 Å². The lowest BCUT2D eigenvalue weighted by molar-refractivity contribution is -0.386. The predicted molar refractivity (Wildman–Crippen MR) is 51.9 cm³/mol. The third-order valence-electron chi connectivity index (χ3n) is 1.86. The first kappa shape index (κ1) is 13.5. The fraction of sp³-hybridized carbons (Fsp3) is 0.375. The lowest BCUT2D eigenvalue weighted by atomic mass is 10.2. The molecule has 0 bridgehead atoms. The van der Waals surface area contributed by atoms with E-state index in [1.807, 2.05) is 0 Å². The van der Waals surface area contributed by atoms with Crippen molar-refractivity contribution in [3.05, 3.63) is 27.4 Å². The Bertz CT molecular complexity index is 450. The Kier molecular flexibility index (Phi) is 3.76. The normalized spacial score (nSPS) is 11.4. The average Bonchev–Trinajstić information content (AvgIpc) is 2.18. The van der Waals surface area contributed by atoms with Gasteiger partial charge in [-0.1, -0.05) is 0 Å². The second-order valence-electron chi connectivity index (χ2n) is 3.00. The molecule has 0 unspecified atom stereocenters. The number of halogens is 4. The van der Waals surface area contributed by atoms with Gasteiger partial charge < -0.3 is 4.74 Å². The monoisotopic (exact) mass is 270 g/mol. The summed E-state index contributed by atoms with van der Waals surface area (Å²) in [5, 5.41) is 10.7. The van der Waals surface area contributed by atoms with E-state index in [-0.39, 0.29) is 17.0 Å². The maximum absolute atomic E-state index is 12.0. The molecule has 0 aliphatic heterocycles. The van der Waals surface area contributed by atoms with E-state index in [1.54, 1.807) is 0 Å². The molecule has 0 N–H and O–H groups in total. The number of aromatic nitrogens is 1. The molecule has 94 valence electrons. The van der Waals surface area contributed by atoms with Crippen molar-refractivity contribution in [2.75, 3.05) is 0 Å². The lowest BCUT2D eigenvalue weighted by Gasteiger charge is -2.11. The van der Waals surface area contributed by atoms with Crippen molar-refractivity contribution >= 4 is 17.3 Å². The fourth-order valence-corrected chi connectivity index (χ4v) is 1.40. The first-order valence-electron chi connectivity index (χ1n) is 4.21. The van der Waals surface area contributed by atoms with Gasteiger partial charge in [-0.3, -0.25) is 10.1 Å². The van der Waals surface area contributed by atoms with Gasteiger partial charge in [-0.2, -0.15) is 0 Å². The highest BCUT2D eigenvalue weighted by Gasteiger charge is 2.34. The van der Waals surface area contributed by atoms with E-state index in [0.717, 1.165) is 13.1 Å². The van der Waals surface area contributed by atoms with Gasteiger partial charge in [-0.15, -0.1) is 24.8 Å². The SMILES string of the molecule is Cc1c(OC(F)(F)F)ncc(CCl)c1[N+](=O)[O-]. The number of nitro groups is 1. The Hall–Kier alpha value is -1.57. The highest BCUT2D eigenvalue weighted by Crippen LogP contribution is 2.32. The van der Waals surface area contributed by atoms with Gasteiger partial charge in [0.25, 0.3) is 5.69 Å². The summed E-state index contributed by atoms with van der Waals surface area (Å²) in [5.41, 5.74) is -0.802. The summed E-state index contributed by atoms with van der Waals surface area (Å²) in [6, 6.07) is 0. The molecule has 17 heavy (non-hydrogen) atoms. The van der Waals surface area contributed by atoms with Crippen LogP contribution in [0.4, 0.5) is 18.9 Å². The van der Waals surface area contributed by atoms with Crippen molar-refractivity contribution in [2.45, 2.75) is 19.2 Å². The number of pyridine rings is 1. The van der Waals surface area contributed by atoms with Gasteiger partial charge in [0.1, 0.15) is 0 Å². The smallest absolute Gasteiger partial charge is 0.387 e. The molecule has 0 radical (unpaired) electrons. The maximum atomic E-state index is 12.0. The maximum Gasteiger partial charge on any atom is 0.574 e. The van der Waals surface area contributed by atoms with Crippen LogP contribution in [0.2, 0.25) is 0 Å². The summed E-state index contributed by atoms with van der Waals surface area (Å²) in [6.07, 6.45) is -4.06. The van der Waals surface area contributed by atoms with Crippen molar-refractivity contribution in [3.63, 3.8) is 0 Å². The molecule has 9 heteroatoms. The second-order valence-corrected chi connectivity index (χ2v) is 3.27. The molecule has 0 aromatic carbocycles. The zero-order chi connectivity index (χ0) is 13.2. The molecule has 0 amide bonds. The van der Waals surface area contributed by atoms with Crippen molar-refractivity contribution in [3.8, 4) is 5.88 Å². The molecule has 0 saturated carbocycles. The van der Waals surface area contributed by atoms with Crippen LogP contribution in [-0.2, 0) is 5.88 Å². The molecular weight excluding hydrogens is 265 g/mol. The van der Waals surface area contributed by atoms with Crippen molar-refractivity contribution < 1.29 is 22.8 Å². The van der Waals surface area contributed by atoms with E-state index < -0.39 is 22.9 Å². The zero-order valence-electron chi connectivity index (χ0n) is 8.42. The van der Waals surface area contributed by atoms with Gasteiger partial charge in [-0.25, -0.2) is 4.98 Å². The van der Waals surface area contributed by atoms with Crippen LogP contribution in [0.5, 0.6) is 5.88 Å². The largest absolute Gasteiger partial charge is 0.574 e. The van der Waals surface area contributed by atoms with Crippen molar-refractivity contribution in [2.24, 2.45) is 0 Å². The highest BCUT2D eigenvalue weighted by atomic mass is 35.5. The molecule has 0 aliphatic rings. The molecule has 1 aromatic heterocycles. The summed E-state index contributed by atoms with van der Waals surface area (Å²) < 4.78 is 39.5. The van der Waals surface area contributed by atoms with Gasteiger partial charge in [0.15, 0.2) is 0 Å². The molecule has 0 saturated heterocycles. The van der Waals surface area contributed by atoms with Crippen molar-refractivity contribution in [1.29, 1.82) is 0 Å². The van der Waals surface area contributed by atoms with E-state index in [4.69, 9.17) is 11.6 Å². The summed E-state index contributed by atoms with van der Waals surface area (Å²) in [6.45, 7) is 1.11. The Balaban J connectivity index is 3.28. The summed E-state index contributed by atoms with van der Waals surface area (Å²) in [7, 11) is 0. The standard InChI is InChI=1S/C8H6ClF3N2O3/c1-4-6(14(15)16)5(2-9)3-13-7(4)17-8(10,11)12/h3H,2H2,1H3. The lowest BCUT2D eigenvalue weighted by Crippen LogP contribution is -2.19. The third kappa shape index (κ3) is 3.19. The van der Waals surface area contributed by atoms with Gasteiger partial charge in [0, 0.05) is 6.20 Å². The fourth-order valence-electron chi connectivity index (χ4n) is 1.20. The Morgan fingerprint density at radius 1 is 1.59 bits per heavy atom. The van der Waals surface area contributed by atoms with Crippen LogP contribution in [0.1, 0.15) is 11.1 Å². The number of hydrogen-bond acceptors (Lipinski definition) is 4. The van der Waals surface area contributed by atoms with Gasteiger partial charge in [0.05, 0.1) is 21.9 Å². The minimum absolute atomic E-state index is 0.0312. The van der Waals surface area contributed by atoms with Gasteiger partial charge >= 0.3 is 6.36 Å². The van der Waals surface area contributed by atoms with E-state index >= 15 is 0 Å². The number of alkyl halides is 4. The molecule has 1 aromatic rings. The Morgan fingerprint density at radius 2 is 2.18 bits per heavy atom. The van der Waals surface area contributed by atoms with Crippen molar-refractivity contribution in [1.82, 2.24) is 4.98 Å². The molecule has 0 aliphatic carbocycles. The van der Waals surface area contributed by atoms with Crippen LogP contribution in [0.3, 0.4) is 0 Å². The predicted octanol–water partition coefficient (Wildman–Crippen LogP) is 2.94. The van der Waals surface area contributed by atoms with E-state index in [9.17, 15) is 23.3 Å².